The second-order valence-electron chi connectivity index (χ2n) is 9.38. The molecule has 1 aromatic carbocycles. The van der Waals surface area contributed by atoms with Gasteiger partial charge in [-0.3, -0.25) is 4.79 Å². The van der Waals surface area contributed by atoms with E-state index in [1.807, 2.05) is 25.2 Å². The molecule has 4 atom stereocenters. The van der Waals surface area contributed by atoms with Crippen LogP contribution < -0.4 is 5.73 Å². The Morgan fingerprint density at radius 1 is 1.15 bits per heavy atom. The molecule has 0 spiro atoms. The zero-order valence-corrected chi connectivity index (χ0v) is 19.0. The monoisotopic (exact) mass is 454 g/mol. The molecule has 2 heterocycles. The van der Waals surface area contributed by atoms with Gasteiger partial charge in [-0.15, -0.1) is 0 Å². The average molecular weight is 455 g/mol. The number of hydrogen-bond acceptors (Lipinski definition) is 7. The van der Waals surface area contributed by atoms with Crippen LogP contribution in [0.1, 0.15) is 56.0 Å². The number of carbonyl (C=O) groups is 2. The molecule has 1 amide bonds. The van der Waals surface area contributed by atoms with E-state index in [0.717, 1.165) is 38.5 Å². The van der Waals surface area contributed by atoms with E-state index in [9.17, 15) is 14.7 Å². The van der Waals surface area contributed by atoms with E-state index in [0.29, 0.717) is 17.9 Å². The number of benzene rings is 1. The number of nitrogens with two attached hydrogens (primary N) is 1. The number of carbonyl (C=O) groups excluding carboxylic acids is 2. The molecule has 0 radical (unpaired) electrons. The van der Waals surface area contributed by atoms with Crippen LogP contribution in [0.5, 0.6) is 0 Å². The maximum Gasteiger partial charge on any atom is 0.343 e. The summed E-state index contributed by atoms with van der Waals surface area (Å²) in [4.78, 5) is 38.0. The van der Waals surface area contributed by atoms with Gasteiger partial charge < -0.3 is 20.1 Å². The maximum atomic E-state index is 13.4. The highest BCUT2D eigenvalue weighted by Crippen LogP contribution is 2.42. The van der Waals surface area contributed by atoms with Crippen molar-refractivity contribution < 1.29 is 23.9 Å². The predicted octanol–water partition coefficient (Wildman–Crippen LogP) is 1.63. The van der Waals surface area contributed by atoms with Gasteiger partial charge >= 0.3 is 5.97 Å². The van der Waals surface area contributed by atoms with Gasteiger partial charge in [-0.2, -0.15) is 0 Å². The van der Waals surface area contributed by atoms with Crippen molar-refractivity contribution >= 4 is 11.9 Å². The van der Waals surface area contributed by atoms with Gasteiger partial charge in [-0.25, -0.2) is 19.7 Å². The van der Waals surface area contributed by atoms with Crippen LogP contribution in [0.2, 0.25) is 0 Å². The molecule has 2 aliphatic rings. The zero-order chi connectivity index (χ0) is 23.5. The van der Waals surface area contributed by atoms with E-state index < -0.39 is 23.5 Å². The second kappa shape index (κ2) is 9.52. The number of aliphatic hydroxyl groups is 1. The van der Waals surface area contributed by atoms with E-state index in [1.165, 1.54) is 12.7 Å². The lowest BCUT2D eigenvalue weighted by atomic mass is 9.80. The highest BCUT2D eigenvalue weighted by molar-refractivity contribution is 5.81. The Morgan fingerprint density at radius 3 is 2.45 bits per heavy atom. The first-order valence-electron chi connectivity index (χ1n) is 11.6. The van der Waals surface area contributed by atoms with Crippen LogP contribution in [0.15, 0.2) is 43.0 Å². The summed E-state index contributed by atoms with van der Waals surface area (Å²) in [5.74, 6) is -1.03. The van der Waals surface area contributed by atoms with E-state index in [4.69, 9.17) is 10.5 Å². The molecule has 1 saturated heterocycles. The van der Waals surface area contributed by atoms with Crippen molar-refractivity contribution in [2.45, 2.75) is 56.2 Å². The van der Waals surface area contributed by atoms with Crippen molar-refractivity contribution in [3.63, 3.8) is 0 Å². The van der Waals surface area contributed by atoms with Gasteiger partial charge in [0.25, 0.3) is 5.91 Å². The number of aromatic nitrogens is 3. The van der Waals surface area contributed by atoms with E-state index >= 15 is 0 Å². The molecule has 1 aliphatic heterocycles. The molecule has 1 saturated carbocycles. The number of ether oxygens (including phenoxy) is 1. The predicted molar refractivity (Wildman–Crippen MR) is 119 cm³/mol. The van der Waals surface area contributed by atoms with Gasteiger partial charge in [0, 0.05) is 18.8 Å². The lowest BCUT2D eigenvalue weighted by Gasteiger charge is -2.40. The number of likely N-dealkylation sites (tertiary alicyclic amines) is 1. The number of likely N-dealkylation sites (N-methyl/N-ethyl adjacent to an activating group) is 1. The normalized spacial score (nSPS) is 25.9. The van der Waals surface area contributed by atoms with E-state index in [2.05, 4.69) is 15.0 Å². The third-order valence-electron chi connectivity index (χ3n) is 7.51. The van der Waals surface area contributed by atoms with E-state index in [-0.39, 0.29) is 23.0 Å². The summed E-state index contributed by atoms with van der Waals surface area (Å²) in [5, 5.41) is 11.6. The number of esters is 1. The summed E-state index contributed by atoms with van der Waals surface area (Å²) in [6, 6.07) is 8.10. The smallest absolute Gasteiger partial charge is 0.343 e. The number of quaternary nitrogens is 1. The van der Waals surface area contributed by atoms with Crippen LogP contribution >= 0.6 is 0 Å². The molecule has 176 valence electrons. The first-order valence-corrected chi connectivity index (χ1v) is 11.6. The van der Waals surface area contributed by atoms with Crippen molar-refractivity contribution in [1.29, 1.82) is 0 Å². The first kappa shape index (κ1) is 23.3. The van der Waals surface area contributed by atoms with Crippen molar-refractivity contribution in [3.05, 3.63) is 54.4 Å². The maximum absolute atomic E-state index is 13.4. The number of primary amides is 1. The molecular weight excluding hydrogens is 422 g/mol. The third-order valence-corrected chi connectivity index (χ3v) is 7.51. The Kier molecular flexibility index (Phi) is 6.71. The molecule has 1 aliphatic carbocycles. The van der Waals surface area contributed by atoms with Crippen molar-refractivity contribution in [1.82, 2.24) is 15.0 Å². The fraction of sp³-hybridized carbons (Fsp3) is 0.542. The van der Waals surface area contributed by atoms with Crippen molar-refractivity contribution in [2.24, 2.45) is 11.7 Å². The molecule has 2 aromatic rings. The topological polar surface area (TPSA) is 128 Å². The Bertz CT molecular complexity index is 969. The highest BCUT2D eigenvalue weighted by Gasteiger charge is 2.52. The summed E-state index contributed by atoms with van der Waals surface area (Å²) >= 11 is 0. The minimum absolute atomic E-state index is 0.0755. The standard InChI is InChI=1S/C24H31N5O4/c1-29(20(21(25)30)22-27-15-26-16-28-22)13-7-12-19(29)14-33-23(31)24(32,18-10-5-6-11-18)17-8-3-2-4-9-17/h2-4,8-9,15-16,18-20,32H,5-7,10-14H2,1H3,(H-,25,30)/p+1. The highest BCUT2D eigenvalue weighted by atomic mass is 16.6. The minimum atomic E-state index is -1.68. The van der Waals surface area contributed by atoms with Gasteiger partial charge in [0.15, 0.2) is 11.4 Å². The zero-order valence-electron chi connectivity index (χ0n) is 19.0. The Labute approximate surface area is 193 Å². The molecule has 9 heteroatoms. The summed E-state index contributed by atoms with van der Waals surface area (Å²) in [6.45, 7) is 0.749. The molecule has 4 unspecified atom stereocenters. The van der Waals surface area contributed by atoms with Crippen molar-refractivity contribution in [3.8, 4) is 0 Å². The average Bonchev–Trinajstić information content (AvgIpc) is 3.49. The third kappa shape index (κ3) is 4.35. The van der Waals surface area contributed by atoms with Gasteiger partial charge in [-0.1, -0.05) is 43.2 Å². The van der Waals surface area contributed by atoms with Gasteiger partial charge in [0.2, 0.25) is 6.04 Å². The SMILES string of the molecule is C[N+]1(C(C(N)=O)c2ncncn2)CCCC1COC(=O)C(O)(c1ccccc1)C1CCCC1. The molecule has 3 N–H and O–H groups in total. The number of rotatable bonds is 8. The van der Waals surface area contributed by atoms with Crippen LogP contribution in [-0.4, -0.2) is 62.7 Å². The van der Waals surface area contributed by atoms with Gasteiger partial charge in [0.1, 0.15) is 25.3 Å². The number of nitrogens with zero attached hydrogens (tertiary/aromatic N) is 4. The first-order chi connectivity index (χ1) is 15.9. The summed E-state index contributed by atoms with van der Waals surface area (Å²) in [6.07, 6.45) is 7.81. The molecule has 1 aromatic heterocycles. The second-order valence-corrected chi connectivity index (χ2v) is 9.38. The molecule has 2 fully saturated rings. The lowest BCUT2D eigenvalue weighted by Crippen LogP contribution is -2.57. The number of hydrogen-bond donors (Lipinski definition) is 2. The molecular formula is C24H32N5O4+. The lowest BCUT2D eigenvalue weighted by molar-refractivity contribution is -0.942. The Balaban J connectivity index is 1.55. The quantitative estimate of drug-likeness (QED) is 0.458. The fourth-order valence-electron chi connectivity index (χ4n) is 5.65. The van der Waals surface area contributed by atoms with Crippen LogP contribution in [0.4, 0.5) is 0 Å². The van der Waals surface area contributed by atoms with Crippen molar-refractivity contribution in [2.75, 3.05) is 20.2 Å². The van der Waals surface area contributed by atoms with Crippen LogP contribution in [0, 0.1) is 5.92 Å². The Hall–Kier alpha value is -2.91. The summed E-state index contributed by atoms with van der Waals surface area (Å²) < 4.78 is 6.06. The number of amides is 1. The molecule has 9 nitrogen and oxygen atoms in total. The molecule has 0 bridgehead atoms. The summed E-state index contributed by atoms with van der Waals surface area (Å²) in [5.41, 5.74) is 4.65. The van der Waals surface area contributed by atoms with Crippen LogP contribution in [-0.2, 0) is 19.9 Å². The molecule has 33 heavy (non-hydrogen) atoms. The van der Waals surface area contributed by atoms with Gasteiger partial charge in [-0.05, 0) is 18.4 Å². The minimum Gasteiger partial charge on any atom is -0.457 e. The Morgan fingerprint density at radius 2 is 1.82 bits per heavy atom. The largest absolute Gasteiger partial charge is 0.457 e. The fourth-order valence-corrected chi connectivity index (χ4v) is 5.65. The van der Waals surface area contributed by atoms with Crippen LogP contribution in [0.3, 0.4) is 0 Å². The summed E-state index contributed by atoms with van der Waals surface area (Å²) in [7, 11) is 1.92. The molecule has 4 rings (SSSR count). The van der Waals surface area contributed by atoms with Crippen LogP contribution in [0.25, 0.3) is 0 Å². The van der Waals surface area contributed by atoms with E-state index in [1.54, 1.807) is 12.1 Å². The van der Waals surface area contributed by atoms with Gasteiger partial charge in [0.05, 0.1) is 13.6 Å².